The molecule has 3 nitrogen and oxygen atoms in total. The zero-order valence-corrected chi connectivity index (χ0v) is 18.3. The Hall–Kier alpha value is -2.53. The van der Waals surface area contributed by atoms with Gasteiger partial charge in [-0.05, 0) is 28.8 Å². The first kappa shape index (κ1) is 22.2. The Morgan fingerprint density at radius 3 is 1.83 bits per heavy atom. The maximum atomic E-state index is 12.2. The molecule has 30 heavy (non-hydrogen) atoms. The minimum atomic E-state index is -0.869. The SMILES string of the molecule is O=CC(C=Cc1cccc(Br)c1)(COCc1ccccc1)COCc1ccccc1. The Balaban J connectivity index is 1.69. The highest BCUT2D eigenvalue weighted by Gasteiger charge is 2.28. The van der Waals surface area contributed by atoms with Crippen LogP contribution >= 0.6 is 15.9 Å². The molecule has 0 N–H and O–H groups in total. The maximum Gasteiger partial charge on any atom is 0.134 e. The van der Waals surface area contributed by atoms with Crippen LogP contribution in [0.25, 0.3) is 6.08 Å². The number of hydrogen-bond acceptors (Lipinski definition) is 3. The van der Waals surface area contributed by atoms with E-state index in [1.165, 1.54) is 0 Å². The molecule has 3 rings (SSSR count). The number of rotatable bonds is 11. The van der Waals surface area contributed by atoms with E-state index >= 15 is 0 Å². The van der Waals surface area contributed by atoms with Crippen molar-refractivity contribution in [2.24, 2.45) is 5.41 Å². The number of benzene rings is 3. The molecule has 4 heteroatoms. The summed E-state index contributed by atoms with van der Waals surface area (Å²) < 4.78 is 12.8. The van der Waals surface area contributed by atoms with Crippen molar-refractivity contribution in [1.29, 1.82) is 0 Å². The molecule has 0 aromatic heterocycles. The lowest BCUT2D eigenvalue weighted by Crippen LogP contribution is -2.32. The number of halogens is 1. The van der Waals surface area contributed by atoms with Crippen LogP contribution in [0.4, 0.5) is 0 Å². The van der Waals surface area contributed by atoms with Crippen LogP contribution in [-0.4, -0.2) is 19.5 Å². The van der Waals surface area contributed by atoms with Crippen molar-refractivity contribution in [3.05, 3.63) is 112 Å². The van der Waals surface area contributed by atoms with Gasteiger partial charge in [-0.2, -0.15) is 0 Å². The van der Waals surface area contributed by atoms with Crippen molar-refractivity contribution in [3.63, 3.8) is 0 Å². The second-order valence-electron chi connectivity index (χ2n) is 7.20. The standard InChI is InChI=1S/C26H25BrO3/c27-25-13-7-12-22(16-25)14-15-26(19-28,20-29-17-23-8-3-1-4-9-23)21-30-18-24-10-5-2-6-11-24/h1-16,19H,17-18,20-21H2. The lowest BCUT2D eigenvalue weighted by atomic mass is 9.90. The fourth-order valence-electron chi connectivity index (χ4n) is 2.98. The topological polar surface area (TPSA) is 35.5 Å². The molecule has 0 aliphatic rings. The summed E-state index contributed by atoms with van der Waals surface area (Å²) in [5.41, 5.74) is 2.27. The summed E-state index contributed by atoms with van der Waals surface area (Å²) in [4.78, 5) is 12.2. The van der Waals surface area contributed by atoms with E-state index in [2.05, 4.69) is 15.9 Å². The lowest BCUT2D eigenvalue weighted by Gasteiger charge is -2.24. The molecule has 0 bridgehead atoms. The first-order valence-electron chi connectivity index (χ1n) is 9.84. The molecule has 3 aromatic carbocycles. The van der Waals surface area contributed by atoms with Crippen LogP contribution < -0.4 is 0 Å². The number of carbonyl (C=O) groups excluding carboxylic acids is 1. The highest BCUT2D eigenvalue weighted by molar-refractivity contribution is 9.10. The molecular formula is C26H25BrO3. The van der Waals surface area contributed by atoms with Gasteiger partial charge in [0.15, 0.2) is 0 Å². The lowest BCUT2D eigenvalue weighted by molar-refractivity contribution is -0.121. The Morgan fingerprint density at radius 2 is 1.33 bits per heavy atom. The summed E-state index contributed by atoms with van der Waals surface area (Å²) >= 11 is 3.48. The van der Waals surface area contributed by atoms with Gasteiger partial charge in [0.25, 0.3) is 0 Å². The molecular weight excluding hydrogens is 440 g/mol. The summed E-state index contributed by atoms with van der Waals surface area (Å²) in [6, 6.07) is 27.8. The fourth-order valence-corrected chi connectivity index (χ4v) is 3.40. The van der Waals surface area contributed by atoms with Crippen molar-refractivity contribution in [2.45, 2.75) is 13.2 Å². The minimum Gasteiger partial charge on any atom is -0.375 e. The Labute approximate surface area is 186 Å². The Morgan fingerprint density at radius 1 is 0.767 bits per heavy atom. The number of hydrogen-bond donors (Lipinski definition) is 0. The third-order valence-corrected chi connectivity index (χ3v) is 5.15. The van der Waals surface area contributed by atoms with Crippen molar-refractivity contribution >= 4 is 28.3 Å². The molecule has 3 aromatic rings. The number of aldehydes is 1. The van der Waals surface area contributed by atoms with Crippen LogP contribution in [0.3, 0.4) is 0 Å². The van der Waals surface area contributed by atoms with Gasteiger partial charge >= 0.3 is 0 Å². The largest absolute Gasteiger partial charge is 0.375 e. The zero-order valence-electron chi connectivity index (χ0n) is 16.7. The minimum absolute atomic E-state index is 0.241. The van der Waals surface area contributed by atoms with Gasteiger partial charge in [-0.3, -0.25) is 0 Å². The average molecular weight is 465 g/mol. The number of carbonyl (C=O) groups is 1. The molecule has 0 spiro atoms. The summed E-state index contributed by atoms with van der Waals surface area (Å²) in [5, 5.41) is 0. The van der Waals surface area contributed by atoms with Gasteiger partial charge in [0.1, 0.15) is 6.29 Å². The second-order valence-corrected chi connectivity index (χ2v) is 8.11. The number of ether oxygens (including phenoxy) is 2. The van der Waals surface area contributed by atoms with E-state index in [0.29, 0.717) is 13.2 Å². The highest BCUT2D eigenvalue weighted by Crippen LogP contribution is 2.22. The molecule has 0 amide bonds. The van der Waals surface area contributed by atoms with Crippen LogP contribution in [0.2, 0.25) is 0 Å². The summed E-state index contributed by atoms with van der Waals surface area (Å²) in [7, 11) is 0. The molecule has 0 aliphatic heterocycles. The van der Waals surface area contributed by atoms with Crippen LogP contribution in [-0.2, 0) is 27.5 Å². The predicted octanol–water partition coefficient (Wildman–Crippen LogP) is 6.08. The van der Waals surface area contributed by atoms with E-state index in [1.807, 2.05) is 97.1 Å². The van der Waals surface area contributed by atoms with Crippen LogP contribution in [0.1, 0.15) is 16.7 Å². The van der Waals surface area contributed by atoms with Gasteiger partial charge in [-0.25, -0.2) is 0 Å². The van der Waals surface area contributed by atoms with Crippen LogP contribution in [0.5, 0.6) is 0 Å². The summed E-state index contributed by atoms with van der Waals surface area (Å²) in [6.45, 7) is 1.37. The second kappa shape index (κ2) is 11.6. The molecule has 0 atom stereocenters. The molecule has 0 aliphatic carbocycles. The van der Waals surface area contributed by atoms with E-state index < -0.39 is 5.41 Å². The van der Waals surface area contributed by atoms with Crippen molar-refractivity contribution in [2.75, 3.05) is 13.2 Å². The predicted molar refractivity (Wildman–Crippen MR) is 124 cm³/mol. The molecule has 0 heterocycles. The van der Waals surface area contributed by atoms with E-state index in [0.717, 1.165) is 27.4 Å². The van der Waals surface area contributed by atoms with Crippen molar-refractivity contribution < 1.29 is 14.3 Å². The Kier molecular flexibility index (Phi) is 8.57. The van der Waals surface area contributed by atoms with Gasteiger partial charge < -0.3 is 14.3 Å². The Bertz CT molecular complexity index is 893. The van der Waals surface area contributed by atoms with Gasteiger partial charge in [0.2, 0.25) is 0 Å². The molecule has 0 unspecified atom stereocenters. The van der Waals surface area contributed by atoms with Crippen LogP contribution in [0.15, 0.2) is 95.5 Å². The molecule has 0 radical (unpaired) electrons. The molecule has 154 valence electrons. The van der Waals surface area contributed by atoms with Crippen molar-refractivity contribution in [1.82, 2.24) is 0 Å². The van der Waals surface area contributed by atoms with Gasteiger partial charge in [-0.1, -0.05) is 101 Å². The third-order valence-electron chi connectivity index (χ3n) is 4.66. The smallest absolute Gasteiger partial charge is 0.134 e. The van der Waals surface area contributed by atoms with Gasteiger partial charge in [-0.15, -0.1) is 0 Å². The average Bonchev–Trinajstić information content (AvgIpc) is 2.79. The highest BCUT2D eigenvalue weighted by atomic mass is 79.9. The first-order valence-corrected chi connectivity index (χ1v) is 10.6. The first-order chi connectivity index (χ1) is 14.7. The fraction of sp³-hybridized carbons (Fsp3) is 0.192. The summed E-state index contributed by atoms with van der Waals surface area (Å²) in [6.07, 6.45) is 4.76. The molecule has 0 fully saturated rings. The molecule has 0 saturated heterocycles. The van der Waals surface area contributed by atoms with E-state index in [4.69, 9.17) is 9.47 Å². The zero-order chi connectivity index (χ0) is 21.1. The van der Waals surface area contributed by atoms with E-state index in [-0.39, 0.29) is 13.2 Å². The van der Waals surface area contributed by atoms with E-state index in [9.17, 15) is 4.79 Å². The van der Waals surface area contributed by atoms with Gasteiger partial charge in [0.05, 0.1) is 31.8 Å². The normalized spacial score (nSPS) is 11.6. The maximum absolute atomic E-state index is 12.2. The molecule has 0 saturated carbocycles. The quantitative estimate of drug-likeness (QED) is 0.322. The van der Waals surface area contributed by atoms with Crippen molar-refractivity contribution in [3.8, 4) is 0 Å². The van der Waals surface area contributed by atoms with Gasteiger partial charge in [0, 0.05) is 4.47 Å². The van der Waals surface area contributed by atoms with Crippen LogP contribution in [0, 0.1) is 5.41 Å². The summed E-state index contributed by atoms with van der Waals surface area (Å²) in [5.74, 6) is 0. The third kappa shape index (κ3) is 7.06. The van der Waals surface area contributed by atoms with E-state index in [1.54, 1.807) is 0 Å². The monoisotopic (exact) mass is 464 g/mol.